The van der Waals surface area contributed by atoms with E-state index in [1.54, 1.807) is 7.11 Å². The zero-order valence-electron chi connectivity index (χ0n) is 13.4. The van der Waals surface area contributed by atoms with E-state index in [0.717, 1.165) is 31.6 Å². The Morgan fingerprint density at radius 2 is 2.27 bits per heavy atom. The molecule has 0 amide bonds. The smallest absolute Gasteiger partial charge is 0.240 e. The first-order valence-corrected chi connectivity index (χ1v) is 7.71. The summed E-state index contributed by atoms with van der Waals surface area (Å²) < 4.78 is 12.5. The van der Waals surface area contributed by atoms with Gasteiger partial charge >= 0.3 is 0 Å². The highest BCUT2D eigenvalue weighted by atomic mass is 16.5. The Kier molecular flexibility index (Phi) is 4.54. The number of hydrogen-bond donors (Lipinski definition) is 0. The fourth-order valence-electron chi connectivity index (χ4n) is 3.12. The Morgan fingerprint density at radius 3 is 3.00 bits per heavy atom. The van der Waals surface area contributed by atoms with Gasteiger partial charge in [0, 0.05) is 19.3 Å². The molecule has 0 aliphatic carbocycles. The number of ether oxygens (including phenoxy) is 1. The molecule has 3 rings (SSSR count). The molecule has 0 saturated carbocycles. The summed E-state index contributed by atoms with van der Waals surface area (Å²) in [5.74, 6) is 1.26. The van der Waals surface area contributed by atoms with Crippen LogP contribution in [0.5, 0.6) is 0 Å². The zero-order valence-corrected chi connectivity index (χ0v) is 13.4. The van der Waals surface area contributed by atoms with Crippen LogP contribution in [0, 0.1) is 13.8 Å². The summed E-state index contributed by atoms with van der Waals surface area (Å²) >= 11 is 0. The molecular formula is C15H23N5O2. The van der Waals surface area contributed by atoms with E-state index < -0.39 is 0 Å². The fraction of sp³-hybridized carbons (Fsp3) is 0.667. The first kappa shape index (κ1) is 15.2. The number of methoxy groups -OCH3 is 1. The first-order chi connectivity index (χ1) is 10.7. The molecule has 2 aromatic rings. The van der Waals surface area contributed by atoms with Gasteiger partial charge < -0.3 is 9.26 Å². The van der Waals surface area contributed by atoms with Gasteiger partial charge in [-0.05, 0) is 39.3 Å². The second-order valence-corrected chi connectivity index (χ2v) is 5.94. The van der Waals surface area contributed by atoms with Gasteiger partial charge in [0.1, 0.15) is 6.61 Å². The minimum absolute atomic E-state index is 0.387. The van der Waals surface area contributed by atoms with Crippen LogP contribution in [0.4, 0.5) is 0 Å². The van der Waals surface area contributed by atoms with Crippen LogP contribution in [0.25, 0.3) is 0 Å². The predicted octanol–water partition coefficient (Wildman–Crippen LogP) is 1.87. The lowest BCUT2D eigenvalue weighted by molar-refractivity contribution is 0.145. The largest absolute Gasteiger partial charge is 0.377 e. The van der Waals surface area contributed by atoms with E-state index in [1.807, 2.05) is 6.92 Å². The van der Waals surface area contributed by atoms with E-state index in [2.05, 4.69) is 37.8 Å². The second kappa shape index (κ2) is 6.58. The molecule has 0 spiro atoms. The molecule has 22 heavy (non-hydrogen) atoms. The zero-order chi connectivity index (χ0) is 15.5. The van der Waals surface area contributed by atoms with Crippen molar-refractivity contribution < 1.29 is 9.26 Å². The maximum atomic E-state index is 5.28. The Labute approximate surface area is 130 Å². The number of aryl methyl sites for hydroxylation is 2. The SMILES string of the molecule is COCc1noc(CN2CCCC(n3nc(C)cc3C)C2)n1. The van der Waals surface area contributed by atoms with Crippen molar-refractivity contribution in [2.45, 2.75) is 45.9 Å². The lowest BCUT2D eigenvalue weighted by atomic mass is 10.1. The number of nitrogens with zero attached hydrogens (tertiary/aromatic N) is 5. The summed E-state index contributed by atoms with van der Waals surface area (Å²) in [7, 11) is 1.62. The molecular weight excluding hydrogens is 282 g/mol. The normalized spacial score (nSPS) is 19.7. The average molecular weight is 305 g/mol. The van der Waals surface area contributed by atoms with E-state index in [-0.39, 0.29) is 0 Å². The van der Waals surface area contributed by atoms with Gasteiger partial charge in [0.15, 0.2) is 5.82 Å². The highest BCUT2D eigenvalue weighted by Gasteiger charge is 2.24. The maximum absolute atomic E-state index is 5.28. The van der Waals surface area contributed by atoms with Gasteiger partial charge in [-0.15, -0.1) is 0 Å². The first-order valence-electron chi connectivity index (χ1n) is 7.71. The van der Waals surface area contributed by atoms with Gasteiger partial charge in [0.25, 0.3) is 0 Å². The Morgan fingerprint density at radius 1 is 1.41 bits per heavy atom. The number of rotatable bonds is 5. The topological polar surface area (TPSA) is 69.2 Å². The predicted molar refractivity (Wildman–Crippen MR) is 80.3 cm³/mol. The van der Waals surface area contributed by atoms with Crippen molar-refractivity contribution >= 4 is 0 Å². The van der Waals surface area contributed by atoms with Crippen LogP contribution in [-0.4, -0.2) is 45.0 Å². The number of aromatic nitrogens is 4. The van der Waals surface area contributed by atoms with Crippen LogP contribution in [0.2, 0.25) is 0 Å². The molecule has 0 N–H and O–H groups in total. The standard InChI is InChI=1S/C15H23N5O2/c1-11-7-12(2)20(17-11)13-5-4-6-19(8-13)9-15-16-14(10-21-3)18-22-15/h7,13H,4-6,8-10H2,1-3H3. The van der Waals surface area contributed by atoms with Crippen molar-refractivity contribution in [2.75, 3.05) is 20.2 Å². The highest BCUT2D eigenvalue weighted by Crippen LogP contribution is 2.23. The fourth-order valence-corrected chi connectivity index (χ4v) is 3.12. The maximum Gasteiger partial charge on any atom is 0.240 e. The van der Waals surface area contributed by atoms with Gasteiger partial charge in [-0.25, -0.2) is 0 Å². The average Bonchev–Trinajstić information content (AvgIpc) is 3.06. The molecule has 0 radical (unpaired) electrons. The summed E-state index contributed by atoms with van der Waals surface area (Å²) in [6, 6.07) is 2.55. The summed E-state index contributed by atoms with van der Waals surface area (Å²) in [4.78, 5) is 6.70. The number of piperidine rings is 1. The molecule has 1 fully saturated rings. The van der Waals surface area contributed by atoms with Gasteiger partial charge in [0.05, 0.1) is 18.3 Å². The van der Waals surface area contributed by atoms with Crippen molar-refractivity contribution in [1.82, 2.24) is 24.8 Å². The van der Waals surface area contributed by atoms with Crippen LogP contribution in [-0.2, 0) is 17.9 Å². The summed E-state index contributed by atoms with van der Waals surface area (Å²) in [6.45, 7) is 7.25. The quantitative estimate of drug-likeness (QED) is 0.840. The van der Waals surface area contributed by atoms with Crippen molar-refractivity contribution in [3.63, 3.8) is 0 Å². The number of likely N-dealkylation sites (tertiary alicyclic amines) is 1. The van der Waals surface area contributed by atoms with E-state index >= 15 is 0 Å². The molecule has 1 aliphatic rings. The molecule has 120 valence electrons. The van der Waals surface area contributed by atoms with E-state index in [1.165, 1.54) is 5.69 Å². The molecule has 0 aromatic carbocycles. The molecule has 1 saturated heterocycles. The lowest BCUT2D eigenvalue weighted by Gasteiger charge is -2.32. The lowest BCUT2D eigenvalue weighted by Crippen LogP contribution is -2.36. The molecule has 1 aliphatic heterocycles. The van der Waals surface area contributed by atoms with Crippen LogP contribution >= 0.6 is 0 Å². The van der Waals surface area contributed by atoms with E-state index in [9.17, 15) is 0 Å². The van der Waals surface area contributed by atoms with Gasteiger partial charge in [-0.3, -0.25) is 9.58 Å². The molecule has 0 bridgehead atoms. The van der Waals surface area contributed by atoms with Crippen molar-refractivity contribution in [1.29, 1.82) is 0 Å². The Balaban J connectivity index is 1.64. The van der Waals surface area contributed by atoms with Gasteiger partial charge in [-0.2, -0.15) is 10.1 Å². The van der Waals surface area contributed by atoms with Gasteiger partial charge in [0.2, 0.25) is 5.89 Å². The molecule has 2 aromatic heterocycles. The third-order valence-electron chi connectivity index (χ3n) is 4.01. The molecule has 7 heteroatoms. The van der Waals surface area contributed by atoms with Crippen LogP contribution in [0.3, 0.4) is 0 Å². The van der Waals surface area contributed by atoms with E-state index in [4.69, 9.17) is 9.26 Å². The monoisotopic (exact) mass is 305 g/mol. The van der Waals surface area contributed by atoms with Crippen LogP contribution < -0.4 is 0 Å². The molecule has 1 unspecified atom stereocenters. The Bertz CT molecular complexity index is 621. The van der Waals surface area contributed by atoms with Crippen LogP contribution in [0.1, 0.15) is 42.0 Å². The summed E-state index contributed by atoms with van der Waals surface area (Å²) in [5.41, 5.74) is 2.31. The minimum Gasteiger partial charge on any atom is -0.377 e. The third kappa shape index (κ3) is 3.36. The van der Waals surface area contributed by atoms with Crippen molar-refractivity contribution in [3.05, 3.63) is 29.2 Å². The van der Waals surface area contributed by atoms with Crippen molar-refractivity contribution in [2.24, 2.45) is 0 Å². The van der Waals surface area contributed by atoms with Gasteiger partial charge in [-0.1, -0.05) is 5.16 Å². The Hall–Kier alpha value is -1.73. The number of hydrogen-bond acceptors (Lipinski definition) is 6. The van der Waals surface area contributed by atoms with Crippen molar-refractivity contribution in [3.8, 4) is 0 Å². The van der Waals surface area contributed by atoms with E-state index in [0.29, 0.717) is 30.9 Å². The molecule has 3 heterocycles. The van der Waals surface area contributed by atoms with Crippen LogP contribution in [0.15, 0.2) is 10.6 Å². The second-order valence-electron chi connectivity index (χ2n) is 5.94. The summed E-state index contributed by atoms with van der Waals surface area (Å²) in [5, 5.41) is 8.54. The third-order valence-corrected chi connectivity index (χ3v) is 4.01. The highest BCUT2D eigenvalue weighted by molar-refractivity contribution is 5.08. The minimum atomic E-state index is 0.387. The summed E-state index contributed by atoms with van der Waals surface area (Å²) in [6.07, 6.45) is 2.32. The molecule has 1 atom stereocenters. The molecule has 7 nitrogen and oxygen atoms in total.